The third-order valence-electron chi connectivity index (χ3n) is 2.72. The van der Waals surface area contributed by atoms with Crippen LogP contribution in [0.25, 0.3) is 0 Å². The van der Waals surface area contributed by atoms with Gasteiger partial charge in [0.2, 0.25) is 0 Å². The summed E-state index contributed by atoms with van der Waals surface area (Å²) in [7, 11) is 0. The third-order valence-corrected chi connectivity index (χ3v) is 2.72. The van der Waals surface area contributed by atoms with Gasteiger partial charge in [-0.2, -0.15) is 0 Å². The predicted octanol–water partition coefficient (Wildman–Crippen LogP) is 2.12. The average molecular weight is 192 g/mol. The Morgan fingerprint density at radius 3 is 2.64 bits per heavy atom. The molecular weight excluding hydrogens is 176 g/mol. The summed E-state index contributed by atoms with van der Waals surface area (Å²) in [5.74, 6) is 0. The van der Waals surface area contributed by atoms with Gasteiger partial charge >= 0.3 is 0 Å². The molecule has 0 bridgehead atoms. The van der Waals surface area contributed by atoms with E-state index in [4.69, 9.17) is 4.74 Å². The maximum Gasteiger partial charge on any atom is 0.0838 e. The van der Waals surface area contributed by atoms with Crippen LogP contribution in [0.15, 0.2) is 30.3 Å². The van der Waals surface area contributed by atoms with E-state index >= 15 is 0 Å². The van der Waals surface area contributed by atoms with Crippen molar-refractivity contribution in [3.05, 3.63) is 35.9 Å². The standard InChI is InChI=1S/C12H16O2/c13-11-7-4-8-12(11)14-9-10-5-2-1-3-6-10/h1-3,5-6,11-13H,4,7-9H2/t11-,12+/m1/s1. The SMILES string of the molecule is O[C@@H]1CCC[C@@H]1OCc1ccccc1. The fraction of sp³-hybridized carbons (Fsp3) is 0.500. The summed E-state index contributed by atoms with van der Waals surface area (Å²) in [6.07, 6.45) is 2.77. The van der Waals surface area contributed by atoms with Gasteiger partial charge in [-0.3, -0.25) is 0 Å². The lowest BCUT2D eigenvalue weighted by Gasteiger charge is -2.15. The van der Waals surface area contributed by atoms with E-state index in [1.807, 2.05) is 30.3 Å². The summed E-state index contributed by atoms with van der Waals surface area (Å²) in [5, 5.41) is 9.54. The molecule has 0 radical (unpaired) electrons. The van der Waals surface area contributed by atoms with Crippen molar-refractivity contribution < 1.29 is 9.84 Å². The van der Waals surface area contributed by atoms with Crippen LogP contribution in [0.2, 0.25) is 0 Å². The Hall–Kier alpha value is -0.860. The zero-order valence-corrected chi connectivity index (χ0v) is 8.23. The van der Waals surface area contributed by atoms with Crippen LogP contribution in [0.1, 0.15) is 24.8 Å². The van der Waals surface area contributed by atoms with Gasteiger partial charge in [-0.1, -0.05) is 30.3 Å². The summed E-state index contributed by atoms with van der Waals surface area (Å²) in [4.78, 5) is 0. The van der Waals surface area contributed by atoms with Gasteiger partial charge in [-0.15, -0.1) is 0 Å². The van der Waals surface area contributed by atoms with Crippen LogP contribution in [-0.4, -0.2) is 17.3 Å². The van der Waals surface area contributed by atoms with E-state index in [9.17, 15) is 5.11 Å². The number of hydrogen-bond acceptors (Lipinski definition) is 2. The molecule has 2 nitrogen and oxygen atoms in total. The second kappa shape index (κ2) is 4.58. The molecule has 1 fully saturated rings. The summed E-state index contributed by atoms with van der Waals surface area (Å²) in [6.45, 7) is 0.614. The normalized spacial score (nSPS) is 26.6. The Morgan fingerprint density at radius 1 is 1.21 bits per heavy atom. The average Bonchev–Trinajstić information content (AvgIpc) is 2.63. The first-order valence-corrected chi connectivity index (χ1v) is 5.20. The largest absolute Gasteiger partial charge is 0.390 e. The Morgan fingerprint density at radius 2 is 2.00 bits per heavy atom. The molecule has 1 aliphatic carbocycles. The number of hydrogen-bond donors (Lipinski definition) is 1. The Labute approximate surface area is 84.5 Å². The van der Waals surface area contributed by atoms with Gasteiger partial charge in [0.1, 0.15) is 0 Å². The number of aliphatic hydroxyl groups is 1. The lowest BCUT2D eigenvalue weighted by Crippen LogP contribution is -2.22. The molecule has 1 aliphatic rings. The van der Waals surface area contributed by atoms with E-state index in [1.165, 1.54) is 5.56 Å². The molecule has 1 N–H and O–H groups in total. The van der Waals surface area contributed by atoms with Gasteiger partial charge in [-0.25, -0.2) is 0 Å². The minimum absolute atomic E-state index is 0.0511. The molecule has 2 atom stereocenters. The first-order chi connectivity index (χ1) is 6.86. The maximum atomic E-state index is 9.54. The second-order valence-electron chi connectivity index (χ2n) is 3.83. The van der Waals surface area contributed by atoms with E-state index in [-0.39, 0.29) is 12.2 Å². The minimum atomic E-state index is -0.251. The molecule has 2 heteroatoms. The number of rotatable bonds is 3. The summed E-state index contributed by atoms with van der Waals surface area (Å²) in [5.41, 5.74) is 1.17. The van der Waals surface area contributed by atoms with Gasteiger partial charge in [0, 0.05) is 0 Å². The van der Waals surface area contributed by atoms with Gasteiger partial charge < -0.3 is 9.84 Å². The minimum Gasteiger partial charge on any atom is -0.390 e. The monoisotopic (exact) mass is 192 g/mol. The van der Waals surface area contributed by atoms with Crippen molar-refractivity contribution in [3.8, 4) is 0 Å². The van der Waals surface area contributed by atoms with Crippen LogP contribution in [0.5, 0.6) is 0 Å². The van der Waals surface area contributed by atoms with Crippen LogP contribution < -0.4 is 0 Å². The first-order valence-electron chi connectivity index (χ1n) is 5.20. The van der Waals surface area contributed by atoms with Gasteiger partial charge in [0.25, 0.3) is 0 Å². The highest BCUT2D eigenvalue weighted by Crippen LogP contribution is 2.22. The number of ether oxygens (including phenoxy) is 1. The molecule has 0 heterocycles. The highest BCUT2D eigenvalue weighted by Gasteiger charge is 2.25. The topological polar surface area (TPSA) is 29.5 Å². The van der Waals surface area contributed by atoms with Crippen molar-refractivity contribution in [2.24, 2.45) is 0 Å². The van der Waals surface area contributed by atoms with E-state index in [0.717, 1.165) is 19.3 Å². The fourth-order valence-electron chi connectivity index (χ4n) is 1.88. The predicted molar refractivity (Wildman–Crippen MR) is 54.9 cm³/mol. The van der Waals surface area contributed by atoms with E-state index < -0.39 is 0 Å². The van der Waals surface area contributed by atoms with Crippen molar-refractivity contribution in [1.82, 2.24) is 0 Å². The Kier molecular flexibility index (Phi) is 3.17. The molecular formula is C12H16O2. The summed E-state index contributed by atoms with van der Waals surface area (Å²) >= 11 is 0. The molecule has 76 valence electrons. The molecule has 0 unspecified atom stereocenters. The molecule has 0 amide bonds. The highest BCUT2D eigenvalue weighted by atomic mass is 16.5. The van der Waals surface area contributed by atoms with E-state index in [0.29, 0.717) is 6.61 Å². The van der Waals surface area contributed by atoms with Crippen molar-refractivity contribution in [2.45, 2.75) is 38.1 Å². The van der Waals surface area contributed by atoms with Gasteiger partial charge in [0.05, 0.1) is 18.8 Å². The van der Waals surface area contributed by atoms with Gasteiger partial charge in [-0.05, 0) is 24.8 Å². The van der Waals surface area contributed by atoms with Crippen molar-refractivity contribution in [3.63, 3.8) is 0 Å². The smallest absolute Gasteiger partial charge is 0.0838 e. The molecule has 1 aromatic carbocycles. The Balaban J connectivity index is 1.82. The van der Waals surface area contributed by atoms with Crippen LogP contribution in [0.4, 0.5) is 0 Å². The molecule has 0 saturated heterocycles. The first kappa shape index (κ1) is 9.69. The summed E-state index contributed by atoms with van der Waals surface area (Å²) < 4.78 is 5.65. The zero-order chi connectivity index (χ0) is 9.80. The molecule has 1 saturated carbocycles. The Bertz CT molecular complexity index is 271. The van der Waals surface area contributed by atoms with Crippen LogP contribution >= 0.6 is 0 Å². The molecule has 1 aromatic rings. The van der Waals surface area contributed by atoms with E-state index in [1.54, 1.807) is 0 Å². The summed E-state index contributed by atoms with van der Waals surface area (Å²) in [6, 6.07) is 10.1. The van der Waals surface area contributed by atoms with Crippen molar-refractivity contribution in [2.75, 3.05) is 0 Å². The molecule has 0 spiro atoms. The highest BCUT2D eigenvalue weighted by molar-refractivity contribution is 5.13. The zero-order valence-electron chi connectivity index (χ0n) is 8.23. The number of benzene rings is 1. The molecule has 2 rings (SSSR count). The van der Waals surface area contributed by atoms with Crippen LogP contribution in [-0.2, 0) is 11.3 Å². The van der Waals surface area contributed by atoms with Crippen molar-refractivity contribution in [1.29, 1.82) is 0 Å². The molecule has 14 heavy (non-hydrogen) atoms. The van der Waals surface area contributed by atoms with Crippen molar-refractivity contribution >= 4 is 0 Å². The number of aliphatic hydroxyl groups excluding tert-OH is 1. The fourth-order valence-corrected chi connectivity index (χ4v) is 1.88. The lowest BCUT2D eigenvalue weighted by molar-refractivity contribution is -0.0273. The van der Waals surface area contributed by atoms with E-state index in [2.05, 4.69) is 0 Å². The van der Waals surface area contributed by atoms with Crippen LogP contribution in [0, 0.1) is 0 Å². The molecule has 0 aliphatic heterocycles. The second-order valence-corrected chi connectivity index (χ2v) is 3.83. The van der Waals surface area contributed by atoms with Crippen LogP contribution in [0.3, 0.4) is 0 Å². The quantitative estimate of drug-likeness (QED) is 0.794. The third kappa shape index (κ3) is 2.34. The lowest BCUT2D eigenvalue weighted by atomic mass is 10.2. The van der Waals surface area contributed by atoms with Gasteiger partial charge in [0.15, 0.2) is 0 Å². The maximum absolute atomic E-state index is 9.54. The molecule has 0 aromatic heterocycles.